The lowest BCUT2D eigenvalue weighted by Crippen LogP contribution is -2.48. The first-order chi connectivity index (χ1) is 28.4. The number of imide groups is 1. The summed E-state index contributed by atoms with van der Waals surface area (Å²) in [6.07, 6.45) is 6.60. The number of likely N-dealkylation sites (tertiary alicyclic amines) is 2. The molecule has 4 atom stereocenters. The fourth-order valence-corrected chi connectivity index (χ4v) is 9.88. The molecular formula is C48H48BN3O6. The van der Waals surface area contributed by atoms with Gasteiger partial charge in [-0.2, -0.15) is 0 Å². The molecule has 1 aliphatic carbocycles. The summed E-state index contributed by atoms with van der Waals surface area (Å²) in [5, 5.41) is 23.7. The first-order valence-electron chi connectivity index (χ1n) is 20.6. The molecule has 4 aromatic carbocycles. The number of amides is 2. The van der Waals surface area contributed by atoms with Gasteiger partial charge in [0.25, 0.3) is 0 Å². The van der Waals surface area contributed by atoms with E-state index in [0.29, 0.717) is 19.3 Å². The van der Waals surface area contributed by atoms with E-state index in [1.54, 1.807) is 17.2 Å². The van der Waals surface area contributed by atoms with Crippen molar-refractivity contribution in [2.45, 2.75) is 57.1 Å². The van der Waals surface area contributed by atoms with Gasteiger partial charge in [0.2, 0.25) is 11.8 Å². The molecule has 4 heterocycles. The van der Waals surface area contributed by atoms with Crippen LogP contribution in [0.1, 0.15) is 48.9 Å². The van der Waals surface area contributed by atoms with Crippen LogP contribution >= 0.6 is 0 Å². The van der Waals surface area contributed by atoms with Gasteiger partial charge in [-0.25, -0.2) is 0 Å². The Labute approximate surface area is 339 Å². The molecule has 294 valence electrons. The maximum absolute atomic E-state index is 14.6. The molecule has 3 saturated heterocycles. The predicted molar refractivity (Wildman–Crippen MR) is 225 cm³/mol. The quantitative estimate of drug-likeness (QED) is 0.0795. The third-order valence-electron chi connectivity index (χ3n) is 12.6. The number of carbonyl (C=O) groups excluding carboxylic acids is 2. The Kier molecular flexibility index (Phi) is 11.0. The van der Waals surface area contributed by atoms with Crippen LogP contribution in [0, 0.1) is 17.8 Å². The third-order valence-corrected chi connectivity index (χ3v) is 12.6. The Bertz CT molecular complexity index is 2330. The van der Waals surface area contributed by atoms with Gasteiger partial charge in [-0.05, 0) is 114 Å². The zero-order valence-electron chi connectivity index (χ0n) is 32.5. The van der Waals surface area contributed by atoms with Crippen LogP contribution in [0.15, 0.2) is 133 Å². The van der Waals surface area contributed by atoms with E-state index < -0.39 is 25.1 Å². The lowest BCUT2D eigenvalue weighted by atomic mass is 9.58. The van der Waals surface area contributed by atoms with E-state index in [-0.39, 0.29) is 42.5 Å². The normalized spacial score (nSPS) is 23.0. The van der Waals surface area contributed by atoms with Crippen molar-refractivity contribution in [3.05, 3.63) is 149 Å². The average Bonchev–Trinajstić information content (AvgIpc) is 3.51. The van der Waals surface area contributed by atoms with Gasteiger partial charge in [0.15, 0.2) is 0 Å². The molecule has 0 radical (unpaired) electrons. The number of carbonyl (C=O) groups is 2. The minimum absolute atomic E-state index is 0.0909. The minimum Gasteiger partial charge on any atom is -0.507 e. The fourth-order valence-electron chi connectivity index (χ4n) is 9.88. The Balaban J connectivity index is 1.01. The van der Waals surface area contributed by atoms with Gasteiger partial charge in [0.05, 0.1) is 23.6 Å². The number of hydrogen-bond donors (Lipinski definition) is 2. The summed E-state index contributed by atoms with van der Waals surface area (Å²) in [6.45, 7) is 2.74. The molecule has 0 saturated carbocycles. The number of aromatic nitrogens is 1. The number of hydrogen-bond acceptors (Lipinski definition) is 8. The number of allylic oxidation sites excluding steroid dienone is 1. The van der Waals surface area contributed by atoms with Gasteiger partial charge in [0, 0.05) is 37.3 Å². The highest BCUT2D eigenvalue weighted by molar-refractivity contribution is 6.43. The summed E-state index contributed by atoms with van der Waals surface area (Å²) >= 11 is 0. The van der Waals surface area contributed by atoms with Crippen molar-refractivity contribution in [3.63, 3.8) is 0 Å². The number of pyridine rings is 1. The molecule has 1 aromatic heterocycles. The summed E-state index contributed by atoms with van der Waals surface area (Å²) in [7, 11) is -1.09. The number of nitrogens with zero attached hydrogens (tertiary/aromatic N) is 3. The van der Waals surface area contributed by atoms with Gasteiger partial charge in [-0.1, -0.05) is 84.9 Å². The molecule has 4 aliphatic rings. The molecule has 58 heavy (non-hydrogen) atoms. The summed E-state index contributed by atoms with van der Waals surface area (Å²) < 4.78 is 12.8. The number of aromatic hydroxyl groups is 1. The fraction of sp³-hybridized carbons (Fsp3) is 0.312. The first-order valence-corrected chi connectivity index (χ1v) is 20.6. The standard InChI is InChI=1S/C48H48BN3O6/c53-43-20-18-33(38-15-7-8-16-39(38)43)27-34(42-17-9-10-24-50-42)19-21-44-45-35(31-57-37-13-5-2-6-14-37)28-40-46(41(45)29-49(56)58-44)48(55)52(47(40)54)36-22-25-51(26-23-36)30-32-11-3-1-4-12-32/h1-18,20,24,27,36,40-41,44,46,53,56H,19,21-23,25-26,28-31H2/b34-27-/t40-,41+,44-,46-/m1/s1. The smallest absolute Gasteiger partial charge is 0.455 e. The number of phenols is 1. The highest BCUT2D eigenvalue weighted by Gasteiger charge is 2.58. The predicted octanol–water partition coefficient (Wildman–Crippen LogP) is 7.80. The third kappa shape index (κ3) is 7.72. The van der Waals surface area contributed by atoms with Crippen molar-refractivity contribution >= 4 is 41.4 Å². The Morgan fingerprint density at radius 3 is 2.33 bits per heavy atom. The van der Waals surface area contributed by atoms with Gasteiger partial charge in [-0.15, -0.1) is 0 Å². The van der Waals surface area contributed by atoms with Crippen LogP contribution in [-0.4, -0.2) is 75.7 Å². The van der Waals surface area contributed by atoms with Crippen molar-refractivity contribution < 1.29 is 29.1 Å². The highest BCUT2D eigenvalue weighted by Crippen LogP contribution is 2.51. The molecular weight excluding hydrogens is 725 g/mol. The second-order valence-electron chi connectivity index (χ2n) is 16.1. The first kappa shape index (κ1) is 38.0. The number of fused-ring (bicyclic) bond motifs is 4. The molecule has 9 rings (SSSR count). The lowest BCUT2D eigenvalue weighted by Gasteiger charge is -2.43. The number of rotatable bonds is 11. The summed E-state index contributed by atoms with van der Waals surface area (Å²) in [6, 6.07) is 37.2. The topological polar surface area (TPSA) is 112 Å². The summed E-state index contributed by atoms with van der Waals surface area (Å²) in [5.41, 5.74) is 5.96. The van der Waals surface area contributed by atoms with Crippen LogP contribution in [0.3, 0.4) is 0 Å². The second-order valence-corrected chi connectivity index (χ2v) is 16.1. The summed E-state index contributed by atoms with van der Waals surface area (Å²) in [4.78, 5) is 37.8. The molecule has 0 unspecified atom stereocenters. The lowest BCUT2D eigenvalue weighted by molar-refractivity contribution is -0.144. The van der Waals surface area contributed by atoms with E-state index in [4.69, 9.17) is 14.4 Å². The molecule has 5 aromatic rings. The van der Waals surface area contributed by atoms with Crippen LogP contribution in [0.5, 0.6) is 11.5 Å². The van der Waals surface area contributed by atoms with E-state index in [2.05, 4.69) is 35.2 Å². The molecule has 9 nitrogen and oxygen atoms in total. The minimum atomic E-state index is -1.09. The zero-order valence-corrected chi connectivity index (χ0v) is 32.5. The van der Waals surface area contributed by atoms with E-state index >= 15 is 0 Å². The van der Waals surface area contributed by atoms with E-state index in [1.807, 2.05) is 84.9 Å². The Morgan fingerprint density at radius 2 is 1.57 bits per heavy atom. The monoisotopic (exact) mass is 773 g/mol. The van der Waals surface area contributed by atoms with Crippen LogP contribution in [0.2, 0.25) is 6.32 Å². The zero-order chi connectivity index (χ0) is 39.6. The van der Waals surface area contributed by atoms with Gasteiger partial charge < -0.3 is 19.5 Å². The number of benzene rings is 4. The Hall–Kier alpha value is -5.55. The van der Waals surface area contributed by atoms with Gasteiger partial charge in [-0.3, -0.25) is 24.4 Å². The number of phenolic OH excluding ortho intramolecular Hbond substituents is 1. The summed E-state index contributed by atoms with van der Waals surface area (Å²) in [5.74, 6) is -0.666. The van der Waals surface area contributed by atoms with Crippen molar-refractivity contribution in [1.82, 2.24) is 14.8 Å². The number of para-hydroxylation sites is 1. The highest BCUT2D eigenvalue weighted by atomic mass is 16.5. The molecule has 2 amide bonds. The van der Waals surface area contributed by atoms with Crippen LogP contribution in [0.4, 0.5) is 0 Å². The van der Waals surface area contributed by atoms with E-state index in [0.717, 1.165) is 77.0 Å². The molecule has 2 N–H and O–H groups in total. The number of ether oxygens (including phenoxy) is 1. The second kappa shape index (κ2) is 16.7. The average molecular weight is 774 g/mol. The molecule has 0 bridgehead atoms. The molecule has 0 spiro atoms. The molecule has 10 heteroatoms. The van der Waals surface area contributed by atoms with Crippen molar-refractivity contribution in [3.8, 4) is 11.5 Å². The maximum atomic E-state index is 14.6. The molecule has 3 aliphatic heterocycles. The number of piperidine rings is 1. The van der Waals surface area contributed by atoms with Gasteiger partial charge in [0.1, 0.15) is 18.1 Å². The maximum Gasteiger partial charge on any atom is 0.455 e. The Morgan fingerprint density at radius 1 is 0.845 bits per heavy atom. The van der Waals surface area contributed by atoms with E-state index in [9.17, 15) is 19.7 Å². The van der Waals surface area contributed by atoms with Gasteiger partial charge >= 0.3 is 7.12 Å². The van der Waals surface area contributed by atoms with Crippen LogP contribution < -0.4 is 4.74 Å². The van der Waals surface area contributed by atoms with Crippen LogP contribution in [0.25, 0.3) is 22.4 Å². The largest absolute Gasteiger partial charge is 0.507 e. The SMILES string of the molecule is O=C1[C@@H]2[C@@H](CC(COc3ccccc3)=C3[C@@H](CC/C(=C/c4ccc(O)c5ccccc45)c4ccccn4)OB(O)C[C@@H]32)C(=O)N1C1CCN(Cc2ccccc2)CC1. The van der Waals surface area contributed by atoms with Crippen LogP contribution in [-0.2, 0) is 20.8 Å². The van der Waals surface area contributed by atoms with Crippen molar-refractivity contribution in [1.29, 1.82) is 0 Å². The van der Waals surface area contributed by atoms with Crippen molar-refractivity contribution in [2.75, 3.05) is 19.7 Å². The van der Waals surface area contributed by atoms with E-state index in [1.165, 1.54) is 5.56 Å². The molecule has 3 fully saturated rings. The van der Waals surface area contributed by atoms with Crippen molar-refractivity contribution in [2.24, 2.45) is 17.8 Å².